The van der Waals surface area contributed by atoms with Gasteiger partial charge in [0.15, 0.2) is 5.69 Å². The summed E-state index contributed by atoms with van der Waals surface area (Å²) in [6, 6.07) is 0.0985. The number of aryl methyl sites for hydroxylation is 1. The first kappa shape index (κ1) is 11.5. The van der Waals surface area contributed by atoms with Gasteiger partial charge in [0.1, 0.15) is 0 Å². The number of nitrogen functional groups attached to an aromatic ring is 1. The van der Waals surface area contributed by atoms with E-state index in [1.54, 1.807) is 6.92 Å². The van der Waals surface area contributed by atoms with Gasteiger partial charge in [-0.05, 0) is 32.1 Å². The molecular weight excluding hydrogens is 232 g/mol. The van der Waals surface area contributed by atoms with Crippen molar-refractivity contribution in [2.45, 2.75) is 38.3 Å². The number of anilines is 1. The Morgan fingerprint density at radius 2 is 2.28 bits per heavy atom. The van der Waals surface area contributed by atoms with E-state index in [0.29, 0.717) is 11.6 Å². The number of hydrogen-bond acceptors (Lipinski definition) is 4. The molecule has 1 aliphatic heterocycles. The number of carbonyl (C=O) groups is 1. The lowest BCUT2D eigenvalue weighted by atomic mass is 10.1. The van der Waals surface area contributed by atoms with E-state index in [1.807, 2.05) is 0 Å². The summed E-state index contributed by atoms with van der Waals surface area (Å²) in [4.78, 5) is 12.1. The Labute approximate surface area is 105 Å². The molecule has 6 nitrogen and oxygen atoms in total. The minimum Gasteiger partial charge on any atom is -0.395 e. The predicted octanol–water partition coefficient (Wildman–Crippen LogP) is 0.598. The van der Waals surface area contributed by atoms with Crippen molar-refractivity contribution >= 4 is 11.6 Å². The Morgan fingerprint density at radius 1 is 1.50 bits per heavy atom. The van der Waals surface area contributed by atoms with Crippen molar-refractivity contribution in [1.29, 1.82) is 0 Å². The lowest BCUT2D eigenvalue weighted by Gasteiger charge is -2.18. The molecule has 0 spiro atoms. The van der Waals surface area contributed by atoms with Crippen molar-refractivity contribution in [2.24, 2.45) is 5.92 Å². The van der Waals surface area contributed by atoms with E-state index in [2.05, 4.69) is 15.5 Å². The average Bonchev–Trinajstić information content (AvgIpc) is 3.01. The van der Waals surface area contributed by atoms with Crippen molar-refractivity contribution in [1.82, 2.24) is 15.5 Å². The van der Waals surface area contributed by atoms with Gasteiger partial charge in [0.2, 0.25) is 0 Å². The maximum absolute atomic E-state index is 12.1. The topological polar surface area (TPSA) is 93.0 Å². The number of hydrogen-bond donors (Lipinski definition) is 3. The molecule has 0 radical (unpaired) electrons. The van der Waals surface area contributed by atoms with Crippen LogP contribution in [0.15, 0.2) is 0 Å². The van der Waals surface area contributed by atoms with Gasteiger partial charge in [-0.2, -0.15) is 5.10 Å². The Hall–Kier alpha value is -1.56. The van der Waals surface area contributed by atoms with Crippen LogP contribution in [-0.2, 0) is 4.74 Å². The summed E-state index contributed by atoms with van der Waals surface area (Å²) < 4.78 is 5.69. The molecule has 0 aromatic carbocycles. The van der Waals surface area contributed by atoms with Crippen LogP contribution in [0.25, 0.3) is 0 Å². The van der Waals surface area contributed by atoms with Crippen molar-refractivity contribution < 1.29 is 9.53 Å². The second-order valence-corrected chi connectivity index (χ2v) is 5.15. The van der Waals surface area contributed by atoms with Gasteiger partial charge >= 0.3 is 0 Å². The van der Waals surface area contributed by atoms with E-state index < -0.39 is 0 Å². The lowest BCUT2D eigenvalue weighted by molar-refractivity contribution is 0.0727. The van der Waals surface area contributed by atoms with Crippen LogP contribution in [0.5, 0.6) is 0 Å². The summed E-state index contributed by atoms with van der Waals surface area (Å²) in [5.74, 6) is 0.411. The largest absolute Gasteiger partial charge is 0.395 e. The zero-order chi connectivity index (χ0) is 12.7. The van der Waals surface area contributed by atoms with E-state index in [1.165, 1.54) is 12.8 Å². The highest BCUT2D eigenvalue weighted by molar-refractivity contribution is 5.97. The van der Waals surface area contributed by atoms with Gasteiger partial charge in [-0.25, -0.2) is 0 Å². The van der Waals surface area contributed by atoms with E-state index in [9.17, 15) is 4.79 Å². The summed E-state index contributed by atoms with van der Waals surface area (Å²) in [6.07, 6.45) is 3.47. The highest BCUT2D eigenvalue weighted by Crippen LogP contribution is 2.38. The third kappa shape index (κ3) is 1.96. The SMILES string of the molecule is Cc1[nH]nc(C(=O)NC2CCOC2C2CC2)c1N. The molecule has 3 rings (SSSR count). The van der Waals surface area contributed by atoms with Gasteiger partial charge < -0.3 is 15.8 Å². The Bertz CT molecular complexity index is 467. The molecule has 0 bridgehead atoms. The molecule has 1 amide bonds. The number of nitrogens with two attached hydrogens (primary N) is 1. The van der Waals surface area contributed by atoms with Gasteiger partial charge in [0, 0.05) is 6.61 Å². The van der Waals surface area contributed by atoms with Crippen LogP contribution in [-0.4, -0.2) is 34.9 Å². The molecule has 6 heteroatoms. The van der Waals surface area contributed by atoms with Crippen LogP contribution >= 0.6 is 0 Å². The summed E-state index contributed by atoms with van der Waals surface area (Å²) in [7, 11) is 0. The molecule has 1 aromatic heterocycles. The third-order valence-electron chi connectivity index (χ3n) is 3.75. The Morgan fingerprint density at radius 3 is 2.89 bits per heavy atom. The fourth-order valence-electron chi connectivity index (χ4n) is 2.50. The predicted molar refractivity (Wildman–Crippen MR) is 66.1 cm³/mol. The highest BCUT2D eigenvalue weighted by atomic mass is 16.5. The summed E-state index contributed by atoms with van der Waals surface area (Å²) in [5.41, 5.74) is 7.23. The molecule has 2 aliphatic rings. The zero-order valence-electron chi connectivity index (χ0n) is 10.4. The van der Waals surface area contributed by atoms with Crippen molar-refractivity contribution in [3.05, 3.63) is 11.4 Å². The number of aromatic nitrogens is 2. The van der Waals surface area contributed by atoms with Crippen molar-refractivity contribution in [3.63, 3.8) is 0 Å². The Balaban J connectivity index is 1.68. The molecule has 1 saturated carbocycles. The average molecular weight is 250 g/mol. The molecule has 2 fully saturated rings. The minimum atomic E-state index is -0.210. The number of ether oxygens (including phenoxy) is 1. The van der Waals surface area contributed by atoms with Crippen LogP contribution in [0, 0.1) is 12.8 Å². The van der Waals surface area contributed by atoms with Crippen molar-refractivity contribution in [2.75, 3.05) is 12.3 Å². The molecule has 2 unspecified atom stereocenters. The van der Waals surface area contributed by atoms with Crippen LogP contribution in [0.4, 0.5) is 5.69 Å². The number of H-pyrrole nitrogens is 1. The molecule has 4 N–H and O–H groups in total. The molecule has 1 saturated heterocycles. The Kier molecular flexibility index (Phi) is 2.74. The molecule has 18 heavy (non-hydrogen) atoms. The number of nitrogens with zero attached hydrogens (tertiary/aromatic N) is 1. The van der Waals surface area contributed by atoms with E-state index in [-0.39, 0.29) is 23.7 Å². The number of carbonyl (C=O) groups excluding carboxylic acids is 1. The maximum atomic E-state index is 12.1. The lowest BCUT2D eigenvalue weighted by Crippen LogP contribution is -2.41. The monoisotopic (exact) mass is 250 g/mol. The van der Waals surface area contributed by atoms with Crippen LogP contribution in [0.2, 0.25) is 0 Å². The maximum Gasteiger partial charge on any atom is 0.274 e. The second kappa shape index (κ2) is 4.28. The summed E-state index contributed by atoms with van der Waals surface area (Å²) >= 11 is 0. The number of nitrogens with one attached hydrogen (secondary N) is 2. The number of rotatable bonds is 3. The zero-order valence-corrected chi connectivity index (χ0v) is 10.4. The fraction of sp³-hybridized carbons (Fsp3) is 0.667. The summed E-state index contributed by atoms with van der Waals surface area (Å²) in [6.45, 7) is 2.52. The summed E-state index contributed by atoms with van der Waals surface area (Å²) in [5, 5.41) is 9.66. The van der Waals surface area contributed by atoms with E-state index in [4.69, 9.17) is 10.5 Å². The standard InChI is InChI=1S/C12H18N4O2/c1-6-9(13)10(16-15-6)12(17)14-8-4-5-18-11(8)7-2-3-7/h7-8,11H,2-5,13H2,1H3,(H,14,17)(H,15,16). The minimum absolute atomic E-state index is 0.0985. The number of aromatic amines is 1. The molecule has 98 valence electrons. The first-order chi connectivity index (χ1) is 8.66. The van der Waals surface area contributed by atoms with Gasteiger partial charge in [-0.15, -0.1) is 0 Å². The highest BCUT2D eigenvalue weighted by Gasteiger charge is 2.41. The third-order valence-corrected chi connectivity index (χ3v) is 3.75. The van der Waals surface area contributed by atoms with Gasteiger partial charge in [0.25, 0.3) is 5.91 Å². The van der Waals surface area contributed by atoms with Crippen LogP contribution < -0.4 is 11.1 Å². The normalized spacial score (nSPS) is 27.4. The van der Waals surface area contributed by atoms with E-state index >= 15 is 0 Å². The molecule has 2 heterocycles. The van der Waals surface area contributed by atoms with E-state index in [0.717, 1.165) is 18.7 Å². The molecule has 1 aliphatic carbocycles. The number of amides is 1. The van der Waals surface area contributed by atoms with Gasteiger partial charge in [0.05, 0.1) is 23.5 Å². The fourth-order valence-corrected chi connectivity index (χ4v) is 2.50. The van der Waals surface area contributed by atoms with Crippen LogP contribution in [0.3, 0.4) is 0 Å². The second-order valence-electron chi connectivity index (χ2n) is 5.15. The molecule has 2 atom stereocenters. The van der Waals surface area contributed by atoms with Crippen LogP contribution in [0.1, 0.15) is 35.4 Å². The quantitative estimate of drug-likeness (QED) is 0.732. The molecule has 1 aromatic rings. The first-order valence-corrected chi connectivity index (χ1v) is 6.39. The van der Waals surface area contributed by atoms with Gasteiger partial charge in [-0.1, -0.05) is 0 Å². The van der Waals surface area contributed by atoms with Gasteiger partial charge in [-0.3, -0.25) is 9.89 Å². The molecular formula is C12H18N4O2. The van der Waals surface area contributed by atoms with Crippen molar-refractivity contribution in [3.8, 4) is 0 Å². The smallest absolute Gasteiger partial charge is 0.274 e. The first-order valence-electron chi connectivity index (χ1n) is 6.39.